The van der Waals surface area contributed by atoms with E-state index in [9.17, 15) is 0 Å². The Morgan fingerprint density at radius 3 is 3.15 bits per heavy atom. The summed E-state index contributed by atoms with van der Waals surface area (Å²) >= 11 is 0. The van der Waals surface area contributed by atoms with Gasteiger partial charge in [-0.1, -0.05) is 0 Å². The molecule has 0 aromatic carbocycles. The minimum atomic E-state index is 0.716. The average molecular weight is 180 g/mol. The normalized spacial score (nSPS) is 23.0. The average Bonchev–Trinajstić information content (AvgIpc) is 2.41. The molecular weight excluding hydrogens is 160 g/mol. The first-order valence-corrected chi connectivity index (χ1v) is 5.27. The van der Waals surface area contributed by atoms with Crippen molar-refractivity contribution in [3.8, 4) is 11.8 Å². The fourth-order valence-electron chi connectivity index (χ4n) is 1.69. The maximum absolute atomic E-state index is 3.55. The number of hydrogen-bond acceptors (Lipinski definition) is 2. The third-order valence-electron chi connectivity index (χ3n) is 2.44. The summed E-state index contributed by atoms with van der Waals surface area (Å²) in [7, 11) is 0. The van der Waals surface area contributed by atoms with Gasteiger partial charge in [0.2, 0.25) is 0 Å². The van der Waals surface area contributed by atoms with Crippen LogP contribution < -0.4 is 10.6 Å². The highest BCUT2D eigenvalue weighted by Crippen LogP contribution is 2.04. The zero-order valence-corrected chi connectivity index (χ0v) is 8.53. The highest BCUT2D eigenvalue weighted by molar-refractivity contribution is 4.95. The Morgan fingerprint density at radius 1 is 1.38 bits per heavy atom. The van der Waals surface area contributed by atoms with Crippen LogP contribution in [0.2, 0.25) is 0 Å². The molecule has 2 nitrogen and oxygen atoms in total. The van der Waals surface area contributed by atoms with Crippen molar-refractivity contribution in [3.63, 3.8) is 0 Å². The molecular formula is C11H20N2. The Labute approximate surface area is 81.5 Å². The van der Waals surface area contributed by atoms with Gasteiger partial charge in [-0.3, -0.25) is 0 Å². The second-order valence-electron chi connectivity index (χ2n) is 3.51. The summed E-state index contributed by atoms with van der Waals surface area (Å²) in [5, 5.41) is 6.96. The van der Waals surface area contributed by atoms with Gasteiger partial charge in [0.1, 0.15) is 0 Å². The van der Waals surface area contributed by atoms with E-state index in [1.54, 1.807) is 0 Å². The molecule has 0 spiro atoms. The largest absolute Gasteiger partial charge is 0.317 e. The fraction of sp³-hybridized carbons (Fsp3) is 0.818. The minimum absolute atomic E-state index is 0.716. The van der Waals surface area contributed by atoms with Gasteiger partial charge >= 0.3 is 0 Å². The number of hydrogen-bond donors (Lipinski definition) is 2. The van der Waals surface area contributed by atoms with Gasteiger partial charge in [0, 0.05) is 19.0 Å². The van der Waals surface area contributed by atoms with E-state index in [-0.39, 0.29) is 0 Å². The van der Waals surface area contributed by atoms with Gasteiger partial charge in [0.25, 0.3) is 0 Å². The molecule has 2 heteroatoms. The highest BCUT2D eigenvalue weighted by Gasteiger charge is 2.09. The Kier molecular flexibility index (Phi) is 5.64. The molecule has 1 aliphatic rings. The fourth-order valence-corrected chi connectivity index (χ4v) is 1.69. The van der Waals surface area contributed by atoms with E-state index in [0.717, 1.165) is 19.5 Å². The van der Waals surface area contributed by atoms with Gasteiger partial charge in [-0.2, -0.15) is 0 Å². The summed E-state index contributed by atoms with van der Waals surface area (Å²) < 4.78 is 0. The summed E-state index contributed by atoms with van der Waals surface area (Å²) in [5.74, 6) is 5.99. The molecule has 1 fully saturated rings. The van der Waals surface area contributed by atoms with Gasteiger partial charge in [-0.15, -0.1) is 11.8 Å². The maximum atomic E-state index is 3.55. The molecule has 2 N–H and O–H groups in total. The lowest BCUT2D eigenvalue weighted by Gasteiger charge is -2.14. The van der Waals surface area contributed by atoms with E-state index in [4.69, 9.17) is 0 Å². The van der Waals surface area contributed by atoms with Crippen LogP contribution in [0.5, 0.6) is 0 Å². The molecule has 0 aromatic rings. The van der Waals surface area contributed by atoms with Crippen molar-refractivity contribution >= 4 is 0 Å². The minimum Gasteiger partial charge on any atom is -0.317 e. The van der Waals surface area contributed by atoms with Gasteiger partial charge < -0.3 is 10.6 Å². The quantitative estimate of drug-likeness (QED) is 0.502. The lowest BCUT2D eigenvalue weighted by molar-refractivity contribution is 0.476. The molecule has 0 aromatic heterocycles. The standard InChI is InChI=1S/C11H20N2/c1-2-3-4-9-13-11-6-5-8-12-10-7-11/h11-13H,4-10H2,1H3. The van der Waals surface area contributed by atoms with Crippen molar-refractivity contribution in [1.82, 2.24) is 10.6 Å². The predicted molar refractivity (Wildman–Crippen MR) is 56.6 cm³/mol. The van der Waals surface area contributed by atoms with Crippen LogP contribution in [0.15, 0.2) is 0 Å². The van der Waals surface area contributed by atoms with E-state index in [2.05, 4.69) is 22.5 Å². The molecule has 74 valence electrons. The summed E-state index contributed by atoms with van der Waals surface area (Å²) in [6.45, 7) is 5.30. The van der Waals surface area contributed by atoms with Gasteiger partial charge in [0.15, 0.2) is 0 Å². The van der Waals surface area contributed by atoms with Crippen LogP contribution in [0.3, 0.4) is 0 Å². The lowest BCUT2D eigenvalue weighted by Crippen LogP contribution is -2.30. The van der Waals surface area contributed by atoms with E-state index in [1.165, 1.54) is 25.8 Å². The van der Waals surface area contributed by atoms with Gasteiger partial charge in [-0.25, -0.2) is 0 Å². The summed E-state index contributed by atoms with van der Waals surface area (Å²) in [6, 6.07) is 0.716. The van der Waals surface area contributed by atoms with Crippen molar-refractivity contribution in [1.29, 1.82) is 0 Å². The smallest absolute Gasteiger partial charge is 0.0214 e. The van der Waals surface area contributed by atoms with Crippen molar-refractivity contribution in [2.45, 2.75) is 38.6 Å². The van der Waals surface area contributed by atoms with Crippen LogP contribution in [-0.4, -0.2) is 25.7 Å². The molecule has 0 amide bonds. The molecule has 1 atom stereocenters. The molecule has 0 aliphatic carbocycles. The first-order chi connectivity index (χ1) is 6.43. The summed E-state index contributed by atoms with van der Waals surface area (Å²) in [6.07, 6.45) is 4.86. The Morgan fingerprint density at radius 2 is 2.31 bits per heavy atom. The molecule has 1 rings (SSSR count). The van der Waals surface area contributed by atoms with Crippen molar-refractivity contribution < 1.29 is 0 Å². The van der Waals surface area contributed by atoms with E-state index in [1.807, 2.05) is 6.92 Å². The maximum Gasteiger partial charge on any atom is 0.0214 e. The second-order valence-corrected chi connectivity index (χ2v) is 3.51. The molecule has 13 heavy (non-hydrogen) atoms. The molecule has 1 unspecified atom stereocenters. The first-order valence-electron chi connectivity index (χ1n) is 5.27. The van der Waals surface area contributed by atoms with Gasteiger partial charge in [0.05, 0.1) is 0 Å². The topological polar surface area (TPSA) is 24.1 Å². The van der Waals surface area contributed by atoms with Crippen LogP contribution in [0.4, 0.5) is 0 Å². The second kappa shape index (κ2) is 6.94. The van der Waals surface area contributed by atoms with E-state index < -0.39 is 0 Å². The molecule has 1 saturated heterocycles. The molecule has 1 aliphatic heterocycles. The monoisotopic (exact) mass is 180 g/mol. The Balaban J connectivity index is 2.07. The third kappa shape index (κ3) is 4.92. The molecule has 0 bridgehead atoms. The first kappa shape index (κ1) is 10.6. The van der Waals surface area contributed by atoms with Crippen LogP contribution in [0.1, 0.15) is 32.6 Å². The van der Waals surface area contributed by atoms with E-state index >= 15 is 0 Å². The van der Waals surface area contributed by atoms with Crippen LogP contribution in [-0.2, 0) is 0 Å². The van der Waals surface area contributed by atoms with Crippen LogP contribution in [0, 0.1) is 11.8 Å². The van der Waals surface area contributed by atoms with Crippen molar-refractivity contribution in [3.05, 3.63) is 0 Å². The predicted octanol–water partition coefficient (Wildman–Crippen LogP) is 1.13. The van der Waals surface area contributed by atoms with Crippen LogP contribution >= 0.6 is 0 Å². The summed E-state index contributed by atoms with van der Waals surface area (Å²) in [5.41, 5.74) is 0. The number of rotatable bonds is 3. The highest BCUT2D eigenvalue weighted by atomic mass is 14.9. The zero-order valence-electron chi connectivity index (χ0n) is 8.53. The molecule has 1 heterocycles. The van der Waals surface area contributed by atoms with Crippen LogP contribution in [0.25, 0.3) is 0 Å². The van der Waals surface area contributed by atoms with E-state index in [0.29, 0.717) is 6.04 Å². The number of nitrogens with one attached hydrogen (secondary N) is 2. The van der Waals surface area contributed by atoms with Gasteiger partial charge in [-0.05, 0) is 39.3 Å². The van der Waals surface area contributed by atoms with Crippen molar-refractivity contribution in [2.75, 3.05) is 19.6 Å². The summed E-state index contributed by atoms with van der Waals surface area (Å²) in [4.78, 5) is 0. The lowest BCUT2D eigenvalue weighted by atomic mass is 10.1. The molecule has 0 radical (unpaired) electrons. The SMILES string of the molecule is CC#CCCNC1CCCNCC1. The Bertz CT molecular complexity index is 170. The third-order valence-corrected chi connectivity index (χ3v) is 2.44. The molecule has 0 saturated carbocycles. The Hall–Kier alpha value is -0.520. The van der Waals surface area contributed by atoms with Crippen molar-refractivity contribution in [2.24, 2.45) is 0 Å². The zero-order chi connectivity index (χ0) is 9.36.